The summed E-state index contributed by atoms with van der Waals surface area (Å²) in [6.07, 6.45) is 5.37. The van der Waals surface area contributed by atoms with Gasteiger partial charge in [0.2, 0.25) is 5.91 Å². The third-order valence-electron chi connectivity index (χ3n) is 3.80. The summed E-state index contributed by atoms with van der Waals surface area (Å²) >= 11 is 0. The maximum atomic E-state index is 13.2. The van der Waals surface area contributed by atoms with Crippen molar-refractivity contribution < 1.29 is 22.9 Å². The number of benzene rings is 2. The summed E-state index contributed by atoms with van der Waals surface area (Å²) in [7, 11) is -1.72. The Bertz CT molecular complexity index is 1060. The van der Waals surface area contributed by atoms with E-state index in [2.05, 4.69) is 11.2 Å². The average Bonchev–Trinajstić information content (AvgIpc) is 2.70. The van der Waals surface area contributed by atoms with E-state index in [9.17, 15) is 23.3 Å². The highest BCUT2D eigenvalue weighted by molar-refractivity contribution is 7.92. The Hall–Kier alpha value is -3.58. The fourth-order valence-corrected chi connectivity index (χ4v) is 3.81. The molecule has 0 aromatic heterocycles. The van der Waals surface area contributed by atoms with Crippen LogP contribution in [0.3, 0.4) is 0 Å². The molecule has 0 aliphatic heterocycles. The summed E-state index contributed by atoms with van der Waals surface area (Å²) in [6.45, 7) is -0.535. The number of hydrogen-bond donors (Lipinski definition) is 1. The summed E-state index contributed by atoms with van der Waals surface area (Å²) in [6, 6.07) is 9.29. The van der Waals surface area contributed by atoms with Gasteiger partial charge < -0.3 is 10.1 Å². The highest BCUT2D eigenvalue weighted by atomic mass is 32.2. The average molecular weight is 403 g/mol. The molecule has 2 rings (SSSR count). The number of likely N-dealkylation sites (N-methyl/N-ethyl adjacent to an activating group) is 1. The third-order valence-corrected chi connectivity index (χ3v) is 5.57. The summed E-state index contributed by atoms with van der Waals surface area (Å²) in [4.78, 5) is 22.0. The monoisotopic (exact) mass is 403 g/mol. The summed E-state index contributed by atoms with van der Waals surface area (Å²) < 4.78 is 32.1. The first-order chi connectivity index (χ1) is 13.2. The van der Waals surface area contributed by atoms with Crippen molar-refractivity contribution in [3.05, 3.63) is 58.1 Å². The van der Waals surface area contributed by atoms with E-state index < -0.39 is 33.1 Å². The Morgan fingerprint density at radius 3 is 2.61 bits per heavy atom. The van der Waals surface area contributed by atoms with E-state index in [1.54, 1.807) is 12.1 Å². The number of anilines is 1. The molecule has 0 aliphatic rings. The molecule has 0 aliphatic carbocycles. The molecule has 0 heterocycles. The first-order valence-corrected chi connectivity index (χ1v) is 9.31. The number of nitrogens with one attached hydrogen (secondary N) is 1. The number of nitrogens with zero attached hydrogens (tertiary/aromatic N) is 2. The predicted molar refractivity (Wildman–Crippen MR) is 103 cm³/mol. The van der Waals surface area contributed by atoms with Crippen molar-refractivity contribution in [2.24, 2.45) is 0 Å². The summed E-state index contributed by atoms with van der Waals surface area (Å²) in [5.74, 6) is 1.73. The molecule has 0 saturated heterocycles. The maximum absolute atomic E-state index is 13.2. The number of rotatable bonds is 7. The molecule has 0 saturated carbocycles. The molecule has 2 aromatic rings. The number of nitro groups is 1. The van der Waals surface area contributed by atoms with Gasteiger partial charge in [0.25, 0.3) is 10.0 Å². The van der Waals surface area contributed by atoms with Crippen molar-refractivity contribution in [2.45, 2.75) is 4.90 Å². The lowest BCUT2D eigenvalue weighted by Gasteiger charge is -2.24. The lowest BCUT2D eigenvalue weighted by Crippen LogP contribution is -2.39. The number of terminal acetylenes is 1. The van der Waals surface area contributed by atoms with Crippen molar-refractivity contribution in [3.8, 4) is 18.1 Å². The van der Waals surface area contributed by atoms with E-state index in [4.69, 9.17) is 11.2 Å². The van der Waals surface area contributed by atoms with E-state index in [1.807, 2.05) is 0 Å². The lowest BCUT2D eigenvalue weighted by atomic mass is 10.2. The Morgan fingerprint density at radius 2 is 2.04 bits per heavy atom. The number of ether oxygens (including phenoxy) is 1. The minimum atomic E-state index is -4.32. The Balaban J connectivity index is 2.64. The zero-order valence-electron chi connectivity index (χ0n) is 15.1. The fourth-order valence-electron chi connectivity index (χ4n) is 2.38. The van der Waals surface area contributed by atoms with E-state index >= 15 is 0 Å². The number of sulfonamides is 1. The number of carbonyl (C=O) groups is 1. The van der Waals surface area contributed by atoms with Crippen LogP contribution in [0.4, 0.5) is 11.4 Å². The summed E-state index contributed by atoms with van der Waals surface area (Å²) in [5.41, 5.74) is 0.0497. The van der Waals surface area contributed by atoms with Gasteiger partial charge in [0, 0.05) is 18.7 Å². The fraction of sp³-hybridized carbons (Fsp3) is 0.167. The van der Waals surface area contributed by atoms with Crippen LogP contribution in [0.5, 0.6) is 5.75 Å². The van der Waals surface area contributed by atoms with Crippen molar-refractivity contribution in [1.29, 1.82) is 0 Å². The molecule has 1 N–H and O–H groups in total. The second-order valence-corrected chi connectivity index (χ2v) is 7.33. The Morgan fingerprint density at radius 1 is 1.32 bits per heavy atom. The SMILES string of the molecule is C#Cc1cccc(N(CC(=O)NC)S(=O)(=O)c2ccc(OC)c([N+](=O)[O-])c2)c1. The molecule has 0 unspecified atom stereocenters. The van der Waals surface area contributed by atoms with Gasteiger partial charge >= 0.3 is 5.69 Å². The van der Waals surface area contributed by atoms with Crippen LogP contribution in [0.1, 0.15) is 5.56 Å². The van der Waals surface area contributed by atoms with Gasteiger partial charge in [-0.3, -0.25) is 19.2 Å². The molecule has 28 heavy (non-hydrogen) atoms. The first-order valence-electron chi connectivity index (χ1n) is 7.87. The lowest BCUT2D eigenvalue weighted by molar-refractivity contribution is -0.386. The molecule has 0 radical (unpaired) electrons. The smallest absolute Gasteiger partial charge is 0.312 e. The standard InChI is InChI=1S/C18H17N3O6S/c1-4-13-6-5-7-14(10-13)20(12-18(22)19-2)28(25,26)15-8-9-17(27-3)16(11-15)21(23)24/h1,5-11H,12H2,2-3H3,(H,19,22). The van der Waals surface area contributed by atoms with Crippen LogP contribution in [-0.4, -0.2) is 40.0 Å². The van der Waals surface area contributed by atoms with Gasteiger partial charge in [-0.25, -0.2) is 8.42 Å². The number of carbonyl (C=O) groups excluding carboxylic acids is 1. The van der Waals surface area contributed by atoms with Crippen molar-refractivity contribution in [1.82, 2.24) is 5.32 Å². The maximum Gasteiger partial charge on any atom is 0.312 e. The third kappa shape index (κ3) is 4.21. The molecule has 1 amide bonds. The molecule has 0 spiro atoms. The van der Waals surface area contributed by atoms with Gasteiger partial charge in [-0.2, -0.15) is 0 Å². The topological polar surface area (TPSA) is 119 Å². The molecule has 2 aromatic carbocycles. The van der Waals surface area contributed by atoms with Crippen LogP contribution in [0.2, 0.25) is 0 Å². The van der Waals surface area contributed by atoms with Crippen LogP contribution in [0.25, 0.3) is 0 Å². The molecule has 0 atom stereocenters. The van der Waals surface area contributed by atoms with Crippen LogP contribution >= 0.6 is 0 Å². The highest BCUT2D eigenvalue weighted by Crippen LogP contribution is 2.32. The van der Waals surface area contributed by atoms with Crippen molar-refractivity contribution >= 4 is 27.3 Å². The molecule has 0 fully saturated rings. The largest absolute Gasteiger partial charge is 0.490 e. The second-order valence-electron chi connectivity index (χ2n) is 5.47. The minimum Gasteiger partial charge on any atom is -0.490 e. The van der Waals surface area contributed by atoms with E-state index in [1.165, 1.54) is 38.4 Å². The summed E-state index contributed by atoms with van der Waals surface area (Å²) in [5, 5.41) is 13.6. The zero-order valence-corrected chi connectivity index (χ0v) is 15.9. The Labute approximate surface area is 162 Å². The van der Waals surface area contributed by atoms with Crippen molar-refractivity contribution in [2.75, 3.05) is 25.0 Å². The van der Waals surface area contributed by atoms with E-state index in [0.717, 1.165) is 10.4 Å². The minimum absolute atomic E-state index is 0.0869. The van der Waals surface area contributed by atoms with Crippen LogP contribution in [-0.2, 0) is 14.8 Å². The number of nitro benzene ring substituents is 1. The highest BCUT2D eigenvalue weighted by Gasteiger charge is 2.30. The van der Waals surface area contributed by atoms with E-state index in [-0.39, 0.29) is 16.3 Å². The van der Waals surface area contributed by atoms with Crippen molar-refractivity contribution in [3.63, 3.8) is 0 Å². The van der Waals surface area contributed by atoms with Gasteiger partial charge in [-0.15, -0.1) is 6.42 Å². The molecule has 0 bridgehead atoms. The van der Waals surface area contributed by atoms with Gasteiger partial charge in [0.15, 0.2) is 5.75 Å². The molecule has 146 valence electrons. The molecule has 9 nitrogen and oxygen atoms in total. The van der Waals surface area contributed by atoms with E-state index in [0.29, 0.717) is 5.56 Å². The predicted octanol–water partition coefficient (Wildman–Crippen LogP) is 1.53. The second kappa shape index (κ2) is 8.41. The van der Waals surface area contributed by atoms with Gasteiger partial charge in [0.05, 0.1) is 22.6 Å². The van der Waals surface area contributed by atoms with Gasteiger partial charge in [-0.1, -0.05) is 12.0 Å². The quantitative estimate of drug-likeness (QED) is 0.425. The number of amides is 1. The zero-order chi connectivity index (χ0) is 20.9. The Kier molecular flexibility index (Phi) is 6.22. The van der Waals surface area contributed by atoms with Gasteiger partial charge in [0.1, 0.15) is 6.54 Å². The van der Waals surface area contributed by atoms with Crippen LogP contribution < -0.4 is 14.4 Å². The molecule has 10 heteroatoms. The first kappa shape index (κ1) is 20.7. The molecular formula is C18H17N3O6S. The van der Waals surface area contributed by atoms with Gasteiger partial charge in [-0.05, 0) is 30.3 Å². The normalized spacial score (nSPS) is 10.6. The number of methoxy groups -OCH3 is 1. The van der Waals surface area contributed by atoms with Crippen LogP contribution in [0.15, 0.2) is 47.4 Å². The molecular weight excluding hydrogens is 386 g/mol. The number of hydrogen-bond acceptors (Lipinski definition) is 6. The van der Waals surface area contributed by atoms with Crippen LogP contribution in [0, 0.1) is 22.5 Å².